The lowest BCUT2D eigenvalue weighted by molar-refractivity contribution is 0.0820. The number of nitrogens with zero attached hydrogens (tertiary/aromatic N) is 1. The summed E-state index contributed by atoms with van der Waals surface area (Å²) >= 11 is 0. The average Bonchev–Trinajstić information content (AvgIpc) is 2.42. The monoisotopic (exact) mass is 280 g/mol. The van der Waals surface area contributed by atoms with Crippen LogP contribution in [0.3, 0.4) is 0 Å². The van der Waals surface area contributed by atoms with E-state index in [1.54, 1.807) is 30.9 Å². The van der Waals surface area contributed by atoms with Crippen molar-refractivity contribution in [3.63, 3.8) is 0 Å². The lowest BCUT2D eigenvalue weighted by Crippen LogP contribution is -2.42. The van der Waals surface area contributed by atoms with Crippen molar-refractivity contribution in [3.8, 4) is 0 Å². The van der Waals surface area contributed by atoms with Gasteiger partial charge in [0.15, 0.2) is 0 Å². The number of piperidine rings is 1. The molecule has 2 amide bonds. The molecule has 1 aliphatic rings. The summed E-state index contributed by atoms with van der Waals surface area (Å²) in [4.78, 5) is 13.7. The third kappa shape index (κ3) is 3.48. The highest BCUT2D eigenvalue weighted by Gasteiger charge is 2.25. The Morgan fingerprint density at radius 2 is 2.10 bits per heavy atom. The number of rotatable bonds is 2. The van der Waals surface area contributed by atoms with Crippen LogP contribution in [0.15, 0.2) is 18.2 Å². The van der Waals surface area contributed by atoms with Gasteiger partial charge in [-0.1, -0.05) is 6.07 Å². The van der Waals surface area contributed by atoms with Gasteiger partial charge in [-0.25, -0.2) is 9.18 Å². The zero-order valence-corrected chi connectivity index (χ0v) is 11.9. The van der Waals surface area contributed by atoms with Crippen molar-refractivity contribution in [2.45, 2.75) is 32.8 Å². The minimum atomic E-state index is -0.419. The SMILES string of the molecule is Cc1ccc(NC(=O)N2CCC(C(C)O)CC2)c(F)c1. The molecule has 0 spiro atoms. The molecule has 20 heavy (non-hydrogen) atoms. The number of hydrogen-bond donors (Lipinski definition) is 2. The van der Waals surface area contributed by atoms with Crippen molar-refractivity contribution in [1.82, 2.24) is 4.90 Å². The zero-order valence-electron chi connectivity index (χ0n) is 11.9. The molecule has 1 atom stereocenters. The summed E-state index contributed by atoms with van der Waals surface area (Å²) in [5, 5.41) is 12.1. The third-order valence-electron chi connectivity index (χ3n) is 3.88. The number of carbonyl (C=O) groups is 1. The van der Waals surface area contributed by atoms with Crippen molar-refractivity contribution in [1.29, 1.82) is 0 Å². The summed E-state index contributed by atoms with van der Waals surface area (Å²) in [7, 11) is 0. The van der Waals surface area contributed by atoms with Crippen LogP contribution in [-0.2, 0) is 0 Å². The molecule has 1 aromatic rings. The third-order valence-corrected chi connectivity index (χ3v) is 3.88. The number of aliphatic hydroxyl groups is 1. The number of aryl methyl sites for hydroxylation is 1. The van der Waals surface area contributed by atoms with Gasteiger partial charge in [-0.15, -0.1) is 0 Å². The summed E-state index contributed by atoms with van der Waals surface area (Å²) in [5.41, 5.74) is 1.02. The van der Waals surface area contributed by atoms with E-state index < -0.39 is 5.82 Å². The van der Waals surface area contributed by atoms with E-state index in [1.165, 1.54) is 6.07 Å². The summed E-state index contributed by atoms with van der Waals surface area (Å²) in [5.74, 6) is -0.174. The first-order valence-electron chi connectivity index (χ1n) is 6.97. The van der Waals surface area contributed by atoms with Gasteiger partial charge in [0.05, 0.1) is 11.8 Å². The standard InChI is InChI=1S/C15H21FN2O2/c1-10-3-4-14(13(16)9-10)17-15(20)18-7-5-12(6-8-18)11(2)19/h3-4,9,11-12,19H,5-8H2,1-2H3,(H,17,20). The summed E-state index contributed by atoms with van der Waals surface area (Å²) in [6.45, 7) is 4.77. The van der Waals surface area contributed by atoms with Crippen LogP contribution in [0.5, 0.6) is 0 Å². The maximum atomic E-state index is 13.7. The van der Waals surface area contributed by atoms with Crippen molar-refractivity contribution < 1.29 is 14.3 Å². The molecule has 1 aliphatic heterocycles. The predicted molar refractivity (Wildman–Crippen MR) is 76.1 cm³/mol. The van der Waals surface area contributed by atoms with E-state index in [2.05, 4.69) is 5.32 Å². The predicted octanol–water partition coefficient (Wildman–Crippen LogP) is 2.76. The Labute approximate surface area is 118 Å². The van der Waals surface area contributed by atoms with Crippen molar-refractivity contribution >= 4 is 11.7 Å². The number of urea groups is 1. The van der Waals surface area contributed by atoms with Crippen molar-refractivity contribution in [2.24, 2.45) is 5.92 Å². The quantitative estimate of drug-likeness (QED) is 0.875. The van der Waals surface area contributed by atoms with E-state index >= 15 is 0 Å². The van der Waals surface area contributed by atoms with Crippen LogP contribution in [-0.4, -0.2) is 35.2 Å². The molecule has 0 bridgehead atoms. The fraction of sp³-hybridized carbons (Fsp3) is 0.533. The largest absolute Gasteiger partial charge is 0.393 e. The average molecular weight is 280 g/mol. The molecule has 2 N–H and O–H groups in total. The van der Waals surface area contributed by atoms with Gasteiger partial charge >= 0.3 is 6.03 Å². The fourth-order valence-electron chi connectivity index (χ4n) is 2.50. The molecule has 110 valence electrons. The molecule has 0 saturated carbocycles. The maximum Gasteiger partial charge on any atom is 0.321 e. The first kappa shape index (κ1) is 14.8. The number of likely N-dealkylation sites (tertiary alicyclic amines) is 1. The van der Waals surface area contributed by atoms with E-state index in [4.69, 9.17) is 0 Å². The molecule has 2 rings (SSSR count). The Balaban J connectivity index is 1.93. The Kier molecular flexibility index (Phi) is 4.60. The maximum absolute atomic E-state index is 13.7. The van der Waals surface area contributed by atoms with Gasteiger partial charge in [-0.2, -0.15) is 0 Å². The fourth-order valence-corrected chi connectivity index (χ4v) is 2.50. The van der Waals surface area contributed by atoms with Gasteiger partial charge in [-0.05, 0) is 50.3 Å². The first-order chi connectivity index (χ1) is 9.47. The highest BCUT2D eigenvalue weighted by Crippen LogP contribution is 2.22. The van der Waals surface area contributed by atoms with Crippen LogP contribution in [0, 0.1) is 18.7 Å². The summed E-state index contributed by atoms with van der Waals surface area (Å²) < 4.78 is 13.7. The van der Waals surface area contributed by atoms with E-state index in [9.17, 15) is 14.3 Å². The molecule has 1 heterocycles. The smallest absolute Gasteiger partial charge is 0.321 e. The van der Waals surface area contributed by atoms with Crippen LogP contribution >= 0.6 is 0 Å². The molecule has 0 radical (unpaired) electrons. The van der Waals surface area contributed by atoms with Gasteiger partial charge < -0.3 is 15.3 Å². The van der Waals surface area contributed by atoms with Gasteiger partial charge in [0, 0.05) is 13.1 Å². The van der Waals surface area contributed by atoms with E-state index in [-0.39, 0.29) is 23.7 Å². The Morgan fingerprint density at radius 1 is 1.45 bits per heavy atom. The van der Waals surface area contributed by atoms with Gasteiger partial charge in [0.2, 0.25) is 0 Å². The molecule has 1 aromatic carbocycles. The second-order valence-corrected chi connectivity index (χ2v) is 5.48. The molecular formula is C15H21FN2O2. The van der Waals surface area contributed by atoms with Gasteiger partial charge in [0.1, 0.15) is 5.82 Å². The first-order valence-corrected chi connectivity index (χ1v) is 6.97. The number of halogens is 1. The van der Waals surface area contributed by atoms with Crippen LogP contribution < -0.4 is 5.32 Å². The lowest BCUT2D eigenvalue weighted by Gasteiger charge is -2.33. The lowest BCUT2D eigenvalue weighted by atomic mass is 9.92. The van der Waals surface area contributed by atoms with Crippen LogP contribution in [0.4, 0.5) is 14.9 Å². The highest BCUT2D eigenvalue weighted by molar-refractivity contribution is 5.89. The Hall–Kier alpha value is -1.62. The normalized spacial score (nSPS) is 17.9. The topological polar surface area (TPSA) is 52.6 Å². The Bertz CT molecular complexity index is 483. The highest BCUT2D eigenvalue weighted by atomic mass is 19.1. The number of nitrogens with one attached hydrogen (secondary N) is 1. The number of hydrogen-bond acceptors (Lipinski definition) is 2. The van der Waals surface area contributed by atoms with E-state index in [0.717, 1.165) is 18.4 Å². The molecule has 0 aliphatic carbocycles. The van der Waals surface area contributed by atoms with Crippen LogP contribution in [0.2, 0.25) is 0 Å². The van der Waals surface area contributed by atoms with Gasteiger partial charge in [0.25, 0.3) is 0 Å². The summed E-state index contributed by atoms with van der Waals surface area (Å²) in [6.07, 6.45) is 1.22. The molecule has 1 saturated heterocycles. The minimum absolute atomic E-state index is 0.207. The molecular weight excluding hydrogens is 259 g/mol. The second-order valence-electron chi connectivity index (χ2n) is 5.48. The molecule has 0 aromatic heterocycles. The Morgan fingerprint density at radius 3 is 2.65 bits per heavy atom. The summed E-state index contributed by atoms with van der Waals surface area (Å²) in [6, 6.07) is 4.45. The van der Waals surface area contributed by atoms with E-state index in [1.807, 2.05) is 0 Å². The molecule has 5 heteroatoms. The van der Waals surface area contributed by atoms with Crippen LogP contribution in [0.25, 0.3) is 0 Å². The zero-order chi connectivity index (χ0) is 14.7. The van der Waals surface area contributed by atoms with Crippen LogP contribution in [0.1, 0.15) is 25.3 Å². The van der Waals surface area contributed by atoms with Crippen molar-refractivity contribution in [2.75, 3.05) is 18.4 Å². The number of benzene rings is 1. The second kappa shape index (κ2) is 6.22. The minimum Gasteiger partial charge on any atom is -0.393 e. The molecule has 1 fully saturated rings. The van der Waals surface area contributed by atoms with Gasteiger partial charge in [-0.3, -0.25) is 0 Å². The van der Waals surface area contributed by atoms with E-state index in [0.29, 0.717) is 13.1 Å². The number of anilines is 1. The molecule has 4 nitrogen and oxygen atoms in total. The number of aliphatic hydroxyl groups excluding tert-OH is 1. The van der Waals surface area contributed by atoms with Crippen molar-refractivity contribution in [3.05, 3.63) is 29.6 Å². The number of amides is 2. The molecule has 1 unspecified atom stereocenters. The number of carbonyl (C=O) groups excluding carboxylic acids is 1.